The second-order valence-electron chi connectivity index (χ2n) is 14.4. The minimum atomic E-state index is -0.354. The van der Waals surface area contributed by atoms with E-state index in [2.05, 4.69) is 30.1 Å². The fraction of sp³-hybridized carbons (Fsp3) is 0.743. The van der Waals surface area contributed by atoms with E-state index in [1.165, 1.54) is 57.8 Å². The Kier molecular flexibility index (Phi) is 7.38. The molecule has 6 nitrogen and oxygen atoms in total. The largest absolute Gasteiger partial charge is 0.492 e. The van der Waals surface area contributed by atoms with Gasteiger partial charge in [0.15, 0.2) is 11.5 Å². The highest BCUT2D eigenvalue weighted by Crippen LogP contribution is 2.54. The number of hydrogen-bond donors (Lipinski definition) is 1. The Balaban J connectivity index is 1.21. The summed E-state index contributed by atoms with van der Waals surface area (Å²) in [5.41, 5.74) is 0.576. The highest BCUT2D eigenvalue weighted by molar-refractivity contribution is 5.93. The van der Waals surface area contributed by atoms with E-state index in [1.807, 2.05) is 0 Å². The number of fused-ring (bicyclic) bond motifs is 3. The average molecular weight is 564 g/mol. The summed E-state index contributed by atoms with van der Waals surface area (Å²) in [6, 6.07) is 0.468. The molecular formula is C35H49NO5. The Bertz CT molecular complexity index is 1170. The number of aliphatic hydroxyl groups is 1. The summed E-state index contributed by atoms with van der Waals surface area (Å²) in [4.78, 5) is 15.2. The van der Waals surface area contributed by atoms with E-state index in [9.17, 15) is 9.90 Å². The first-order valence-electron chi connectivity index (χ1n) is 16.6. The second-order valence-corrected chi connectivity index (χ2v) is 14.4. The lowest BCUT2D eigenvalue weighted by Gasteiger charge is -2.49. The first-order valence-corrected chi connectivity index (χ1v) is 16.6. The van der Waals surface area contributed by atoms with Gasteiger partial charge in [-0.2, -0.15) is 0 Å². The van der Waals surface area contributed by atoms with Crippen molar-refractivity contribution >= 4 is 5.97 Å². The van der Waals surface area contributed by atoms with Crippen molar-refractivity contribution in [3.05, 3.63) is 46.8 Å². The molecule has 0 aromatic rings. The Hall–Kier alpha value is -2.05. The van der Waals surface area contributed by atoms with Crippen LogP contribution in [0.2, 0.25) is 0 Å². The van der Waals surface area contributed by atoms with Gasteiger partial charge in [-0.15, -0.1) is 0 Å². The van der Waals surface area contributed by atoms with Crippen molar-refractivity contribution in [3.63, 3.8) is 0 Å². The SMILES string of the molecule is COC1=C(C)C(=O)OC1=C1OC2=CC3(CCCC3)CN3[C@H]([C@@H](O)[C@@H]4C=CC[C@@H](C5CCCC5)C4)CCC[C@H]3[C@H]2[C@@H]1C. The number of cyclic esters (lactones) is 1. The van der Waals surface area contributed by atoms with Gasteiger partial charge >= 0.3 is 5.97 Å². The molecule has 0 amide bonds. The number of nitrogens with zero attached hydrogens (tertiary/aromatic N) is 1. The molecule has 224 valence electrons. The van der Waals surface area contributed by atoms with E-state index in [-0.39, 0.29) is 41.3 Å². The third-order valence-electron chi connectivity index (χ3n) is 12.1. The maximum absolute atomic E-state index is 12.5. The number of rotatable bonds is 4. The van der Waals surface area contributed by atoms with Crippen LogP contribution in [0.1, 0.15) is 97.3 Å². The molecule has 4 aliphatic heterocycles. The lowest BCUT2D eigenvalue weighted by molar-refractivity contribution is -0.133. The molecule has 0 aromatic heterocycles. The van der Waals surface area contributed by atoms with Crippen molar-refractivity contribution in [1.29, 1.82) is 0 Å². The highest BCUT2D eigenvalue weighted by Gasteiger charge is 2.54. The molecule has 2 saturated heterocycles. The van der Waals surface area contributed by atoms with Gasteiger partial charge in [-0.25, -0.2) is 4.79 Å². The fourth-order valence-electron chi connectivity index (χ4n) is 9.98. The van der Waals surface area contributed by atoms with E-state index in [0.29, 0.717) is 23.1 Å². The molecule has 0 unspecified atom stereocenters. The van der Waals surface area contributed by atoms with Crippen LogP contribution in [0.3, 0.4) is 0 Å². The van der Waals surface area contributed by atoms with Crippen LogP contribution in [-0.4, -0.2) is 47.8 Å². The summed E-state index contributed by atoms with van der Waals surface area (Å²) >= 11 is 0. The molecule has 7 aliphatic rings. The molecule has 6 heteroatoms. The van der Waals surface area contributed by atoms with Crippen molar-refractivity contribution in [2.24, 2.45) is 35.0 Å². The molecule has 0 aromatic carbocycles. The number of carbonyl (C=O) groups is 1. The van der Waals surface area contributed by atoms with Crippen molar-refractivity contribution in [3.8, 4) is 0 Å². The van der Waals surface area contributed by atoms with Crippen LogP contribution in [0.4, 0.5) is 0 Å². The molecule has 1 N–H and O–H groups in total. The van der Waals surface area contributed by atoms with Crippen LogP contribution in [0, 0.1) is 35.0 Å². The number of carbonyl (C=O) groups excluding carboxylic acids is 1. The highest BCUT2D eigenvalue weighted by atomic mass is 16.6. The molecule has 1 spiro atoms. The quantitative estimate of drug-likeness (QED) is 0.301. The molecular weight excluding hydrogens is 514 g/mol. The molecule has 4 fully saturated rings. The Labute approximate surface area is 245 Å². The molecule has 2 saturated carbocycles. The van der Waals surface area contributed by atoms with Gasteiger partial charge < -0.3 is 19.3 Å². The summed E-state index contributed by atoms with van der Waals surface area (Å²) < 4.78 is 18.1. The number of aliphatic hydroxyl groups excluding tert-OH is 1. The van der Waals surface area contributed by atoms with Crippen LogP contribution in [0.15, 0.2) is 46.8 Å². The average Bonchev–Trinajstić information content (AvgIpc) is 3.76. The standard InChI is InChI=1S/C35H49NO5/c1-21-29-26-14-9-15-27(30(37)25-13-8-12-24(18-25)23-10-4-5-11-23)36(26)20-35(16-6-7-17-35)19-28(29)40-32(21)33-31(39-3)22(2)34(38)41-33/h8,13,19,21,23-27,29-30,37H,4-7,9-12,14-18,20H2,1-3H3/t21-,24+,25+,26-,27-,29+,30-/m0/s1. The zero-order chi connectivity index (χ0) is 28.3. The van der Waals surface area contributed by atoms with Crippen LogP contribution in [0.5, 0.6) is 0 Å². The lowest BCUT2D eigenvalue weighted by Crippen LogP contribution is -2.58. The summed E-state index contributed by atoms with van der Waals surface area (Å²) in [7, 11) is 1.59. The van der Waals surface area contributed by atoms with Crippen molar-refractivity contribution in [2.45, 2.75) is 116 Å². The number of piperidine rings is 1. The van der Waals surface area contributed by atoms with Gasteiger partial charge in [-0.05, 0) is 63.4 Å². The van der Waals surface area contributed by atoms with Crippen LogP contribution >= 0.6 is 0 Å². The van der Waals surface area contributed by atoms with Crippen LogP contribution < -0.4 is 0 Å². The van der Waals surface area contributed by atoms with Gasteiger partial charge in [0.25, 0.3) is 0 Å². The zero-order valence-corrected chi connectivity index (χ0v) is 25.3. The van der Waals surface area contributed by atoms with E-state index < -0.39 is 0 Å². The predicted octanol–water partition coefficient (Wildman–Crippen LogP) is 6.77. The monoisotopic (exact) mass is 563 g/mol. The predicted molar refractivity (Wildman–Crippen MR) is 157 cm³/mol. The lowest BCUT2D eigenvalue weighted by atomic mass is 9.73. The smallest absolute Gasteiger partial charge is 0.343 e. The third kappa shape index (κ3) is 4.72. The van der Waals surface area contributed by atoms with Crippen LogP contribution in [-0.2, 0) is 19.0 Å². The normalized spacial score (nSPS) is 39.8. The first kappa shape index (κ1) is 27.8. The Morgan fingerprint density at radius 1 is 1.05 bits per heavy atom. The van der Waals surface area contributed by atoms with Crippen molar-refractivity contribution < 1.29 is 24.1 Å². The molecule has 4 heterocycles. The summed E-state index contributed by atoms with van der Waals surface area (Å²) in [5.74, 6) is 4.46. The van der Waals surface area contributed by atoms with Crippen molar-refractivity contribution in [2.75, 3.05) is 13.7 Å². The number of hydrogen-bond acceptors (Lipinski definition) is 6. The minimum absolute atomic E-state index is 0.0568. The molecule has 41 heavy (non-hydrogen) atoms. The molecule has 7 atom stereocenters. The van der Waals surface area contributed by atoms with E-state index in [4.69, 9.17) is 14.2 Å². The summed E-state index contributed by atoms with van der Waals surface area (Å²) in [6.45, 7) is 5.00. The van der Waals surface area contributed by atoms with Gasteiger partial charge in [0, 0.05) is 41.8 Å². The maximum Gasteiger partial charge on any atom is 0.343 e. The van der Waals surface area contributed by atoms with Crippen LogP contribution in [0.25, 0.3) is 0 Å². The second kappa shape index (κ2) is 10.9. The molecule has 0 bridgehead atoms. The zero-order valence-electron chi connectivity index (χ0n) is 25.3. The van der Waals surface area contributed by atoms with Gasteiger partial charge in [0.05, 0.1) is 18.8 Å². The fourth-order valence-corrected chi connectivity index (χ4v) is 9.98. The van der Waals surface area contributed by atoms with E-state index in [0.717, 1.165) is 55.6 Å². The van der Waals surface area contributed by atoms with Crippen molar-refractivity contribution in [1.82, 2.24) is 4.90 Å². The number of allylic oxidation sites excluding steroid dienone is 2. The number of ether oxygens (including phenoxy) is 3. The van der Waals surface area contributed by atoms with Gasteiger partial charge in [-0.1, -0.05) is 64.0 Å². The molecule has 0 radical (unpaired) electrons. The Morgan fingerprint density at radius 2 is 1.83 bits per heavy atom. The number of esters is 1. The topological polar surface area (TPSA) is 68.2 Å². The summed E-state index contributed by atoms with van der Waals surface area (Å²) in [6.07, 6.45) is 22.8. The van der Waals surface area contributed by atoms with Gasteiger partial charge in [-0.3, -0.25) is 4.90 Å². The van der Waals surface area contributed by atoms with E-state index in [1.54, 1.807) is 14.0 Å². The summed E-state index contributed by atoms with van der Waals surface area (Å²) in [5, 5.41) is 12.1. The third-order valence-corrected chi connectivity index (χ3v) is 12.1. The van der Waals surface area contributed by atoms with E-state index >= 15 is 0 Å². The molecule has 3 aliphatic carbocycles. The van der Waals surface area contributed by atoms with Gasteiger partial charge in [0.2, 0.25) is 5.76 Å². The van der Waals surface area contributed by atoms with Gasteiger partial charge in [0.1, 0.15) is 5.76 Å². The minimum Gasteiger partial charge on any atom is -0.492 e. The molecule has 7 rings (SSSR count). The first-order chi connectivity index (χ1) is 19.9. The number of methoxy groups -OCH3 is 1. The Morgan fingerprint density at radius 3 is 2.59 bits per heavy atom. The maximum atomic E-state index is 12.5.